The Labute approximate surface area is 112 Å². The molecule has 0 spiro atoms. The van der Waals surface area contributed by atoms with E-state index >= 15 is 0 Å². The molecule has 2 aliphatic carbocycles. The van der Waals surface area contributed by atoms with Crippen LogP contribution in [-0.2, 0) is 4.79 Å². The molecule has 2 unspecified atom stereocenters. The van der Waals surface area contributed by atoms with Crippen LogP contribution < -0.4 is 5.32 Å². The molecule has 0 aliphatic heterocycles. The second kappa shape index (κ2) is 4.85. The highest BCUT2D eigenvalue weighted by Crippen LogP contribution is 2.47. The number of furan rings is 1. The molecule has 1 aromatic heterocycles. The van der Waals surface area contributed by atoms with Crippen molar-refractivity contribution in [3.8, 4) is 0 Å². The molecule has 0 radical (unpaired) electrons. The highest BCUT2D eigenvalue weighted by atomic mass is 16.3. The van der Waals surface area contributed by atoms with Crippen molar-refractivity contribution in [2.45, 2.75) is 44.2 Å². The number of amides is 1. The van der Waals surface area contributed by atoms with Gasteiger partial charge in [-0.25, -0.2) is 0 Å². The standard InChI is InChI=1S/C15H19NO3/c1-9-6-13(9)14-4-2-12(19-14)3-5-15(18)16-10-7-11(17)8-10/h2-5,9-11,13,17H,6-8H2,1H3,(H,16,18). The first-order valence-electron chi connectivity index (χ1n) is 6.88. The van der Waals surface area contributed by atoms with Crippen LogP contribution in [0.25, 0.3) is 6.08 Å². The topological polar surface area (TPSA) is 62.5 Å². The highest BCUT2D eigenvalue weighted by molar-refractivity contribution is 5.91. The van der Waals surface area contributed by atoms with E-state index in [1.54, 1.807) is 6.08 Å². The number of aliphatic hydroxyl groups is 1. The van der Waals surface area contributed by atoms with Crippen LogP contribution in [0.3, 0.4) is 0 Å². The van der Waals surface area contributed by atoms with Crippen molar-refractivity contribution in [1.82, 2.24) is 5.32 Å². The van der Waals surface area contributed by atoms with E-state index in [0.717, 1.165) is 17.4 Å². The number of aliphatic hydroxyl groups excluding tert-OH is 1. The second-order valence-corrected chi connectivity index (χ2v) is 5.72. The molecule has 1 heterocycles. The molecule has 0 bridgehead atoms. The number of hydrogen-bond donors (Lipinski definition) is 2. The SMILES string of the molecule is CC1CC1c1ccc(C=CC(=O)NC2CC(O)C2)o1. The van der Waals surface area contributed by atoms with E-state index in [1.165, 1.54) is 12.5 Å². The zero-order chi connectivity index (χ0) is 13.4. The summed E-state index contributed by atoms with van der Waals surface area (Å²) in [7, 11) is 0. The minimum atomic E-state index is -0.248. The van der Waals surface area contributed by atoms with Gasteiger partial charge in [0.25, 0.3) is 0 Å². The molecule has 2 fully saturated rings. The van der Waals surface area contributed by atoms with Crippen LogP contribution >= 0.6 is 0 Å². The highest BCUT2D eigenvalue weighted by Gasteiger charge is 2.36. The first kappa shape index (κ1) is 12.5. The van der Waals surface area contributed by atoms with Gasteiger partial charge in [-0.1, -0.05) is 6.92 Å². The third kappa shape index (κ3) is 2.89. The van der Waals surface area contributed by atoms with Crippen molar-refractivity contribution in [3.63, 3.8) is 0 Å². The Morgan fingerprint density at radius 1 is 1.42 bits per heavy atom. The van der Waals surface area contributed by atoms with Gasteiger partial charge in [-0.3, -0.25) is 4.79 Å². The maximum atomic E-state index is 11.6. The van der Waals surface area contributed by atoms with Crippen molar-refractivity contribution in [2.75, 3.05) is 0 Å². The Bertz CT molecular complexity index is 499. The second-order valence-electron chi connectivity index (χ2n) is 5.72. The maximum absolute atomic E-state index is 11.6. The van der Waals surface area contributed by atoms with E-state index < -0.39 is 0 Å². The molecule has 0 aromatic carbocycles. The van der Waals surface area contributed by atoms with Gasteiger partial charge < -0.3 is 14.8 Å². The fourth-order valence-corrected chi connectivity index (χ4v) is 2.49. The summed E-state index contributed by atoms with van der Waals surface area (Å²) in [5.74, 6) is 2.89. The number of carbonyl (C=O) groups excluding carboxylic acids is 1. The third-order valence-corrected chi connectivity index (χ3v) is 3.98. The zero-order valence-corrected chi connectivity index (χ0v) is 11.0. The molecular formula is C15H19NO3. The average Bonchev–Trinajstić information content (AvgIpc) is 2.89. The van der Waals surface area contributed by atoms with E-state index in [4.69, 9.17) is 9.52 Å². The summed E-state index contributed by atoms with van der Waals surface area (Å²) < 4.78 is 5.68. The number of nitrogens with one attached hydrogen (secondary N) is 1. The van der Waals surface area contributed by atoms with E-state index in [9.17, 15) is 4.79 Å². The molecule has 4 heteroatoms. The summed E-state index contributed by atoms with van der Waals surface area (Å²) in [5, 5.41) is 12.0. The average molecular weight is 261 g/mol. The first-order chi connectivity index (χ1) is 9.11. The van der Waals surface area contributed by atoms with Gasteiger partial charge in [0.1, 0.15) is 11.5 Å². The van der Waals surface area contributed by atoms with Crippen molar-refractivity contribution in [3.05, 3.63) is 29.7 Å². The predicted octanol–water partition coefficient (Wildman–Crippen LogP) is 2.06. The van der Waals surface area contributed by atoms with Gasteiger partial charge in [-0.05, 0) is 43.4 Å². The van der Waals surface area contributed by atoms with Crippen LogP contribution in [0.15, 0.2) is 22.6 Å². The monoisotopic (exact) mass is 261 g/mol. The smallest absolute Gasteiger partial charge is 0.244 e. The van der Waals surface area contributed by atoms with Crippen LogP contribution in [-0.4, -0.2) is 23.2 Å². The van der Waals surface area contributed by atoms with Crippen molar-refractivity contribution in [1.29, 1.82) is 0 Å². The lowest BCUT2D eigenvalue weighted by Gasteiger charge is -2.31. The number of rotatable bonds is 4. The molecule has 1 amide bonds. The lowest BCUT2D eigenvalue weighted by atomic mass is 9.89. The van der Waals surface area contributed by atoms with E-state index in [2.05, 4.69) is 12.2 Å². The summed E-state index contributed by atoms with van der Waals surface area (Å²) in [6.45, 7) is 2.21. The summed E-state index contributed by atoms with van der Waals surface area (Å²) >= 11 is 0. The van der Waals surface area contributed by atoms with Crippen LogP contribution in [0.4, 0.5) is 0 Å². The molecule has 2 atom stereocenters. The molecular weight excluding hydrogens is 242 g/mol. The van der Waals surface area contributed by atoms with Gasteiger partial charge in [-0.2, -0.15) is 0 Å². The summed E-state index contributed by atoms with van der Waals surface area (Å²) in [6, 6.07) is 4.01. The third-order valence-electron chi connectivity index (χ3n) is 3.98. The fraction of sp³-hybridized carbons (Fsp3) is 0.533. The van der Waals surface area contributed by atoms with Crippen molar-refractivity contribution < 1.29 is 14.3 Å². The van der Waals surface area contributed by atoms with Gasteiger partial charge >= 0.3 is 0 Å². The summed E-state index contributed by atoms with van der Waals surface area (Å²) in [6.07, 6.45) is 5.45. The first-order valence-corrected chi connectivity index (χ1v) is 6.88. The number of carbonyl (C=O) groups is 1. The summed E-state index contributed by atoms with van der Waals surface area (Å²) in [4.78, 5) is 11.6. The van der Waals surface area contributed by atoms with E-state index in [1.807, 2.05) is 12.1 Å². The minimum absolute atomic E-state index is 0.117. The lowest BCUT2D eigenvalue weighted by molar-refractivity contribution is -0.118. The largest absolute Gasteiger partial charge is 0.461 e. The van der Waals surface area contributed by atoms with Gasteiger partial charge in [-0.15, -0.1) is 0 Å². The van der Waals surface area contributed by atoms with Crippen LogP contribution in [0.5, 0.6) is 0 Å². The Balaban J connectivity index is 1.51. The van der Waals surface area contributed by atoms with Gasteiger partial charge in [0.2, 0.25) is 5.91 Å². The molecule has 102 valence electrons. The molecule has 1 aromatic rings. The molecule has 2 N–H and O–H groups in total. The zero-order valence-electron chi connectivity index (χ0n) is 11.0. The molecule has 3 rings (SSSR count). The Kier molecular flexibility index (Phi) is 3.19. The molecule has 19 heavy (non-hydrogen) atoms. The van der Waals surface area contributed by atoms with E-state index in [-0.39, 0.29) is 18.1 Å². The Morgan fingerprint density at radius 2 is 2.16 bits per heavy atom. The normalized spacial score (nSPS) is 33.2. The molecule has 2 saturated carbocycles. The molecule has 0 saturated heterocycles. The molecule has 2 aliphatic rings. The van der Waals surface area contributed by atoms with Gasteiger partial charge in [0.05, 0.1) is 6.10 Å². The maximum Gasteiger partial charge on any atom is 0.244 e. The predicted molar refractivity (Wildman–Crippen MR) is 71.4 cm³/mol. The van der Waals surface area contributed by atoms with Crippen molar-refractivity contribution in [2.24, 2.45) is 5.92 Å². The summed E-state index contributed by atoms with van der Waals surface area (Å²) in [5.41, 5.74) is 0. The van der Waals surface area contributed by atoms with Crippen LogP contribution in [0, 0.1) is 5.92 Å². The Morgan fingerprint density at radius 3 is 2.79 bits per heavy atom. The van der Waals surface area contributed by atoms with Crippen LogP contribution in [0.1, 0.15) is 43.6 Å². The number of hydrogen-bond acceptors (Lipinski definition) is 3. The minimum Gasteiger partial charge on any atom is -0.461 e. The van der Waals surface area contributed by atoms with E-state index in [0.29, 0.717) is 18.8 Å². The quantitative estimate of drug-likeness (QED) is 0.815. The van der Waals surface area contributed by atoms with Crippen LogP contribution in [0.2, 0.25) is 0 Å². The fourth-order valence-electron chi connectivity index (χ4n) is 2.49. The van der Waals surface area contributed by atoms with Gasteiger partial charge in [0.15, 0.2) is 0 Å². The lowest BCUT2D eigenvalue weighted by Crippen LogP contribution is -2.46. The Hall–Kier alpha value is -1.55. The molecule has 4 nitrogen and oxygen atoms in total. The van der Waals surface area contributed by atoms with Crippen molar-refractivity contribution >= 4 is 12.0 Å². The van der Waals surface area contributed by atoms with Gasteiger partial charge in [0, 0.05) is 18.0 Å².